The molecule has 0 spiro atoms. The number of hydrogen-bond acceptors (Lipinski definition) is 8. The van der Waals surface area contributed by atoms with Crippen molar-refractivity contribution in [1.82, 2.24) is 20.2 Å². The van der Waals surface area contributed by atoms with Gasteiger partial charge in [-0.1, -0.05) is 18.7 Å². The Morgan fingerprint density at radius 3 is 2.74 bits per heavy atom. The number of furan rings is 2. The number of amides is 1. The van der Waals surface area contributed by atoms with E-state index in [9.17, 15) is 4.79 Å². The van der Waals surface area contributed by atoms with Gasteiger partial charge in [-0.2, -0.15) is 0 Å². The number of nitrogens with zero attached hydrogens (tertiary/aromatic N) is 4. The second-order valence-corrected chi connectivity index (χ2v) is 8.33. The average Bonchev–Trinajstić information content (AvgIpc) is 3.48. The summed E-state index contributed by atoms with van der Waals surface area (Å²) in [5, 5.41) is 3.50. The predicted octanol–water partition coefficient (Wildman–Crippen LogP) is 3.34. The quantitative estimate of drug-likeness (QED) is 0.421. The van der Waals surface area contributed by atoms with Crippen molar-refractivity contribution in [3.63, 3.8) is 0 Å². The van der Waals surface area contributed by atoms with Gasteiger partial charge in [0.05, 0.1) is 18.6 Å². The Hall–Kier alpha value is -2.78. The molecule has 3 aromatic rings. The number of likely N-dealkylation sites (N-methyl/N-ethyl adjacent to an activating group) is 1. The van der Waals surface area contributed by atoms with Crippen LogP contribution in [0.1, 0.15) is 34.7 Å². The number of carbonyl (C=O) groups excluding carboxylic acids is 1. The van der Waals surface area contributed by atoms with E-state index in [0.29, 0.717) is 29.0 Å². The maximum Gasteiger partial charge on any atom is 0.287 e. The molecule has 3 aromatic heterocycles. The molecular formula is C22H27N5O3S. The van der Waals surface area contributed by atoms with Crippen molar-refractivity contribution >= 4 is 23.5 Å². The lowest BCUT2D eigenvalue weighted by Crippen LogP contribution is -2.46. The molecule has 1 aliphatic rings. The van der Waals surface area contributed by atoms with E-state index in [4.69, 9.17) is 13.8 Å². The first kappa shape index (κ1) is 21.5. The van der Waals surface area contributed by atoms with Crippen molar-refractivity contribution in [2.75, 3.05) is 37.6 Å². The molecule has 0 saturated carbocycles. The molecule has 8 nitrogen and oxygen atoms in total. The first-order valence-corrected chi connectivity index (χ1v) is 11.4. The summed E-state index contributed by atoms with van der Waals surface area (Å²) in [4.78, 5) is 26.3. The lowest BCUT2D eigenvalue weighted by molar-refractivity contribution is 0.0919. The van der Waals surface area contributed by atoms with E-state index in [2.05, 4.69) is 27.0 Å². The highest BCUT2D eigenvalue weighted by Gasteiger charge is 2.18. The Kier molecular flexibility index (Phi) is 6.93. The minimum absolute atomic E-state index is 0.270. The third-order valence-corrected chi connectivity index (χ3v) is 6.07. The average molecular weight is 442 g/mol. The summed E-state index contributed by atoms with van der Waals surface area (Å²) in [7, 11) is 0. The van der Waals surface area contributed by atoms with Crippen LogP contribution in [-0.4, -0.2) is 53.5 Å². The monoisotopic (exact) mass is 441 g/mol. The van der Waals surface area contributed by atoms with Gasteiger partial charge in [0.1, 0.15) is 17.3 Å². The van der Waals surface area contributed by atoms with Crippen LogP contribution in [0.3, 0.4) is 0 Å². The van der Waals surface area contributed by atoms with Crippen LogP contribution < -0.4 is 10.2 Å². The highest BCUT2D eigenvalue weighted by Crippen LogP contribution is 2.24. The number of rotatable bonds is 8. The molecule has 0 aliphatic carbocycles. The van der Waals surface area contributed by atoms with Gasteiger partial charge >= 0.3 is 0 Å². The lowest BCUT2D eigenvalue weighted by atomic mass is 10.3. The van der Waals surface area contributed by atoms with Gasteiger partial charge < -0.3 is 24.0 Å². The molecule has 31 heavy (non-hydrogen) atoms. The van der Waals surface area contributed by atoms with Crippen molar-refractivity contribution < 1.29 is 13.6 Å². The largest absolute Gasteiger partial charge is 0.467 e. The fourth-order valence-electron chi connectivity index (χ4n) is 3.43. The zero-order chi connectivity index (χ0) is 21.6. The van der Waals surface area contributed by atoms with Crippen LogP contribution in [-0.2, 0) is 12.3 Å². The molecule has 9 heteroatoms. The molecule has 4 heterocycles. The molecule has 0 atom stereocenters. The maximum absolute atomic E-state index is 12.2. The minimum Gasteiger partial charge on any atom is -0.467 e. The second-order valence-electron chi connectivity index (χ2n) is 7.39. The van der Waals surface area contributed by atoms with Crippen LogP contribution in [0.4, 0.5) is 5.82 Å². The van der Waals surface area contributed by atoms with E-state index in [-0.39, 0.29) is 11.7 Å². The molecular weight excluding hydrogens is 414 g/mol. The molecule has 0 radical (unpaired) electrons. The van der Waals surface area contributed by atoms with Gasteiger partial charge in [0.15, 0.2) is 10.9 Å². The van der Waals surface area contributed by atoms with E-state index in [0.717, 1.165) is 44.2 Å². The molecule has 1 amide bonds. The standard InChI is InChI=1S/C22H27N5O3S/c1-3-26-8-10-27(11-9-26)20-13-16(2)24-22(25-20)31-15-18-6-7-19(30-18)21(28)23-14-17-5-4-12-29-17/h4-7,12-13H,3,8-11,14-15H2,1-2H3,(H,23,28). The summed E-state index contributed by atoms with van der Waals surface area (Å²) in [6.07, 6.45) is 1.58. The van der Waals surface area contributed by atoms with Gasteiger partial charge in [-0.05, 0) is 37.7 Å². The maximum atomic E-state index is 12.2. The molecule has 0 bridgehead atoms. The summed E-state index contributed by atoms with van der Waals surface area (Å²) >= 11 is 1.51. The number of carbonyl (C=O) groups is 1. The fraction of sp³-hybridized carbons (Fsp3) is 0.409. The van der Waals surface area contributed by atoms with Crippen molar-refractivity contribution in [2.45, 2.75) is 31.3 Å². The Bertz CT molecular complexity index is 997. The topological polar surface area (TPSA) is 87.6 Å². The van der Waals surface area contributed by atoms with Gasteiger partial charge in [0.2, 0.25) is 0 Å². The second kappa shape index (κ2) is 10.0. The zero-order valence-electron chi connectivity index (χ0n) is 17.8. The predicted molar refractivity (Wildman–Crippen MR) is 119 cm³/mol. The number of aryl methyl sites for hydroxylation is 1. The number of piperazine rings is 1. The fourth-order valence-corrected chi connectivity index (χ4v) is 4.22. The Morgan fingerprint density at radius 1 is 1.16 bits per heavy atom. The van der Waals surface area contributed by atoms with Crippen molar-refractivity contribution in [1.29, 1.82) is 0 Å². The van der Waals surface area contributed by atoms with Crippen LogP contribution in [0.2, 0.25) is 0 Å². The molecule has 0 unspecified atom stereocenters. The third-order valence-electron chi connectivity index (χ3n) is 5.20. The Balaban J connectivity index is 1.33. The van der Waals surface area contributed by atoms with Crippen molar-refractivity contribution in [2.24, 2.45) is 0 Å². The summed E-state index contributed by atoms with van der Waals surface area (Å²) in [5.74, 6) is 2.94. The number of hydrogen-bond donors (Lipinski definition) is 1. The molecule has 1 fully saturated rings. The Labute approximate surface area is 186 Å². The highest BCUT2D eigenvalue weighted by molar-refractivity contribution is 7.98. The van der Waals surface area contributed by atoms with Crippen LogP contribution in [0.25, 0.3) is 0 Å². The highest BCUT2D eigenvalue weighted by atomic mass is 32.2. The van der Waals surface area contributed by atoms with E-state index < -0.39 is 0 Å². The SMILES string of the molecule is CCN1CCN(c2cc(C)nc(SCc3ccc(C(=O)NCc4ccco4)o3)n2)CC1. The zero-order valence-corrected chi connectivity index (χ0v) is 18.7. The summed E-state index contributed by atoms with van der Waals surface area (Å²) < 4.78 is 10.9. The van der Waals surface area contributed by atoms with E-state index in [1.807, 2.05) is 25.1 Å². The third kappa shape index (κ3) is 5.68. The summed E-state index contributed by atoms with van der Waals surface area (Å²) in [5.41, 5.74) is 0.947. The van der Waals surface area contributed by atoms with E-state index in [1.54, 1.807) is 18.4 Å². The number of anilines is 1. The van der Waals surface area contributed by atoms with Crippen LogP contribution in [0.15, 0.2) is 50.6 Å². The molecule has 164 valence electrons. The molecule has 1 saturated heterocycles. The van der Waals surface area contributed by atoms with E-state index in [1.165, 1.54) is 11.8 Å². The lowest BCUT2D eigenvalue weighted by Gasteiger charge is -2.34. The number of aromatic nitrogens is 2. The van der Waals surface area contributed by atoms with Gasteiger partial charge in [-0.15, -0.1) is 0 Å². The summed E-state index contributed by atoms with van der Waals surface area (Å²) in [6.45, 7) is 9.66. The van der Waals surface area contributed by atoms with Crippen LogP contribution in [0, 0.1) is 6.92 Å². The number of nitrogens with one attached hydrogen (secondary N) is 1. The molecule has 1 N–H and O–H groups in total. The minimum atomic E-state index is -0.270. The summed E-state index contributed by atoms with van der Waals surface area (Å²) in [6, 6.07) is 9.14. The Morgan fingerprint density at radius 2 is 2.00 bits per heavy atom. The van der Waals surface area contributed by atoms with E-state index >= 15 is 0 Å². The molecule has 4 rings (SSSR count). The number of thioether (sulfide) groups is 1. The van der Waals surface area contributed by atoms with Crippen molar-refractivity contribution in [3.05, 3.63) is 59.6 Å². The molecule has 1 aliphatic heterocycles. The molecule has 0 aromatic carbocycles. The van der Waals surface area contributed by atoms with Crippen LogP contribution >= 0.6 is 11.8 Å². The van der Waals surface area contributed by atoms with Gasteiger partial charge in [-0.3, -0.25) is 4.79 Å². The van der Waals surface area contributed by atoms with Crippen molar-refractivity contribution in [3.8, 4) is 0 Å². The van der Waals surface area contributed by atoms with Gasteiger partial charge in [-0.25, -0.2) is 9.97 Å². The van der Waals surface area contributed by atoms with Crippen LogP contribution in [0.5, 0.6) is 0 Å². The first-order valence-electron chi connectivity index (χ1n) is 10.5. The smallest absolute Gasteiger partial charge is 0.287 e. The normalized spacial score (nSPS) is 14.7. The van der Waals surface area contributed by atoms with Gasteiger partial charge in [0, 0.05) is 37.9 Å². The van der Waals surface area contributed by atoms with Gasteiger partial charge in [0.25, 0.3) is 5.91 Å². The first-order chi connectivity index (χ1) is 15.1.